The van der Waals surface area contributed by atoms with Crippen molar-refractivity contribution in [3.8, 4) is 17.6 Å². The molecule has 0 aromatic heterocycles. The molecule has 11 heteroatoms. The third-order valence-corrected chi connectivity index (χ3v) is 4.85. The van der Waals surface area contributed by atoms with Gasteiger partial charge in [-0.3, -0.25) is 14.9 Å². The zero-order chi connectivity index (χ0) is 26.3. The number of amides is 1. The van der Waals surface area contributed by atoms with E-state index in [0.717, 1.165) is 18.2 Å². The van der Waals surface area contributed by atoms with Gasteiger partial charge >= 0.3 is 6.18 Å². The maximum Gasteiger partial charge on any atom is 0.416 e. The van der Waals surface area contributed by atoms with Crippen LogP contribution in [0, 0.1) is 21.4 Å². The van der Waals surface area contributed by atoms with Crippen molar-refractivity contribution in [3.63, 3.8) is 0 Å². The number of nitrogens with zero attached hydrogens (tertiary/aromatic N) is 2. The number of nitriles is 1. The van der Waals surface area contributed by atoms with Gasteiger partial charge in [0.2, 0.25) is 0 Å². The van der Waals surface area contributed by atoms with Crippen molar-refractivity contribution in [2.75, 3.05) is 12.4 Å². The van der Waals surface area contributed by atoms with E-state index in [9.17, 15) is 33.3 Å². The van der Waals surface area contributed by atoms with Crippen LogP contribution in [0.15, 0.2) is 72.3 Å². The number of non-ortho nitro benzene ring substituents is 1. The number of hydrogen-bond acceptors (Lipinski definition) is 6. The van der Waals surface area contributed by atoms with Gasteiger partial charge in [0.15, 0.2) is 0 Å². The highest BCUT2D eigenvalue weighted by Gasteiger charge is 2.30. The highest BCUT2D eigenvalue weighted by Crippen LogP contribution is 2.31. The molecule has 0 saturated heterocycles. The third-order valence-electron chi connectivity index (χ3n) is 4.85. The van der Waals surface area contributed by atoms with Crippen LogP contribution in [0.2, 0.25) is 0 Å². The van der Waals surface area contributed by atoms with Gasteiger partial charge in [0.05, 0.1) is 17.6 Å². The molecule has 3 aromatic rings. The summed E-state index contributed by atoms with van der Waals surface area (Å²) < 4.78 is 49.8. The Balaban J connectivity index is 1.86. The molecule has 0 aliphatic heterocycles. The maximum absolute atomic E-state index is 12.9. The number of methoxy groups -OCH3 is 1. The lowest BCUT2D eigenvalue weighted by Gasteiger charge is -2.12. The molecular formula is C25H18F3N3O5. The quantitative estimate of drug-likeness (QED) is 0.184. The molecule has 1 N–H and O–H groups in total. The topological polar surface area (TPSA) is 114 Å². The Morgan fingerprint density at radius 3 is 2.56 bits per heavy atom. The van der Waals surface area contributed by atoms with E-state index in [-0.39, 0.29) is 23.7 Å². The van der Waals surface area contributed by atoms with Gasteiger partial charge < -0.3 is 14.8 Å². The van der Waals surface area contributed by atoms with E-state index >= 15 is 0 Å². The van der Waals surface area contributed by atoms with Crippen molar-refractivity contribution in [2.24, 2.45) is 0 Å². The molecular weight excluding hydrogens is 479 g/mol. The van der Waals surface area contributed by atoms with Crippen LogP contribution >= 0.6 is 0 Å². The number of nitro groups is 1. The highest BCUT2D eigenvalue weighted by atomic mass is 19.4. The van der Waals surface area contributed by atoms with Gasteiger partial charge in [-0.15, -0.1) is 0 Å². The first-order valence-electron chi connectivity index (χ1n) is 10.3. The number of halogens is 3. The van der Waals surface area contributed by atoms with E-state index in [1.807, 2.05) is 0 Å². The SMILES string of the molecule is COc1ccc(/C=C(\C#N)C(=O)Nc2cccc(C(F)(F)F)c2)c(OCc2cccc([N+](=O)[O-])c2)c1. The summed E-state index contributed by atoms with van der Waals surface area (Å²) in [7, 11) is 1.43. The summed E-state index contributed by atoms with van der Waals surface area (Å²) in [4.78, 5) is 23.1. The molecule has 0 aliphatic rings. The Kier molecular flexibility index (Phi) is 7.91. The zero-order valence-corrected chi connectivity index (χ0v) is 18.7. The van der Waals surface area contributed by atoms with Gasteiger partial charge in [0.25, 0.3) is 11.6 Å². The highest BCUT2D eigenvalue weighted by molar-refractivity contribution is 6.09. The van der Waals surface area contributed by atoms with Crippen molar-refractivity contribution in [2.45, 2.75) is 12.8 Å². The minimum Gasteiger partial charge on any atom is -0.497 e. The molecule has 3 rings (SSSR count). The van der Waals surface area contributed by atoms with E-state index in [1.165, 1.54) is 49.6 Å². The Morgan fingerprint density at radius 2 is 1.89 bits per heavy atom. The first-order valence-corrected chi connectivity index (χ1v) is 10.3. The number of hydrogen-bond donors (Lipinski definition) is 1. The van der Waals surface area contributed by atoms with E-state index in [2.05, 4.69) is 5.32 Å². The molecule has 8 nitrogen and oxygen atoms in total. The molecule has 0 radical (unpaired) electrons. The fourth-order valence-electron chi connectivity index (χ4n) is 3.08. The van der Waals surface area contributed by atoms with Crippen LogP contribution in [0.1, 0.15) is 16.7 Å². The average Bonchev–Trinajstić information content (AvgIpc) is 2.86. The standard InChI is InChI=1S/C25H18F3N3O5/c1-35-22-9-8-17(23(13-22)36-15-16-4-2-7-21(10-16)31(33)34)11-18(14-29)24(32)30-20-6-3-5-19(12-20)25(26,27)28/h2-13H,15H2,1H3,(H,30,32)/b18-11+. The lowest BCUT2D eigenvalue weighted by atomic mass is 10.1. The Labute approximate surface area is 203 Å². The lowest BCUT2D eigenvalue weighted by molar-refractivity contribution is -0.384. The Bertz CT molecular complexity index is 1360. The molecule has 184 valence electrons. The largest absolute Gasteiger partial charge is 0.497 e. The molecule has 0 fully saturated rings. The first-order chi connectivity index (χ1) is 17.1. The molecule has 1 amide bonds. The number of rotatable bonds is 8. The lowest BCUT2D eigenvalue weighted by Crippen LogP contribution is -2.14. The number of ether oxygens (including phenoxy) is 2. The normalized spacial score (nSPS) is 11.4. The monoisotopic (exact) mass is 497 g/mol. The summed E-state index contributed by atoms with van der Waals surface area (Å²) in [5.74, 6) is -0.300. The van der Waals surface area contributed by atoms with Gasteiger partial charge in [-0.1, -0.05) is 18.2 Å². The molecule has 0 spiro atoms. The van der Waals surface area contributed by atoms with Crippen LogP contribution in [-0.4, -0.2) is 17.9 Å². The molecule has 3 aromatic carbocycles. The van der Waals surface area contributed by atoms with Crippen molar-refractivity contribution in [1.29, 1.82) is 5.26 Å². The van der Waals surface area contributed by atoms with Gasteiger partial charge in [-0.2, -0.15) is 18.4 Å². The van der Waals surface area contributed by atoms with Gasteiger partial charge in [-0.05, 0) is 42.0 Å². The summed E-state index contributed by atoms with van der Waals surface area (Å²) in [6.07, 6.45) is -3.38. The predicted molar refractivity (Wildman–Crippen MR) is 124 cm³/mol. The van der Waals surface area contributed by atoms with Crippen LogP contribution in [0.25, 0.3) is 6.08 Å². The van der Waals surface area contributed by atoms with Crippen LogP contribution in [0.3, 0.4) is 0 Å². The summed E-state index contributed by atoms with van der Waals surface area (Å²) >= 11 is 0. The van der Waals surface area contributed by atoms with E-state index in [4.69, 9.17) is 9.47 Å². The van der Waals surface area contributed by atoms with Crippen LogP contribution < -0.4 is 14.8 Å². The minimum absolute atomic E-state index is 0.0615. The first kappa shape index (κ1) is 25.8. The van der Waals surface area contributed by atoms with Crippen LogP contribution in [0.4, 0.5) is 24.5 Å². The van der Waals surface area contributed by atoms with Gasteiger partial charge in [0, 0.05) is 29.4 Å². The van der Waals surface area contributed by atoms with Gasteiger partial charge in [-0.25, -0.2) is 0 Å². The number of nitro benzene ring substituents is 1. The maximum atomic E-state index is 12.9. The zero-order valence-electron chi connectivity index (χ0n) is 18.7. The second-order valence-electron chi connectivity index (χ2n) is 7.32. The summed E-state index contributed by atoms with van der Waals surface area (Å²) in [6.45, 7) is -0.0615. The van der Waals surface area contributed by atoms with Gasteiger partial charge in [0.1, 0.15) is 29.7 Å². The second-order valence-corrected chi connectivity index (χ2v) is 7.32. The second kappa shape index (κ2) is 11.1. The van der Waals surface area contributed by atoms with Crippen LogP contribution in [-0.2, 0) is 17.6 Å². The number of nitrogens with one attached hydrogen (secondary N) is 1. The molecule has 0 saturated carbocycles. The summed E-state index contributed by atoms with van der Waals surface area (Å²) in [5.41, 5.74) is -0.776. The van der Waals surface area contributed by atoms with Crippen molar-refractivity contribution in [1.82, 2.24) is 0 Å². The number of alkyl halides is 3. The Morgan fingerprint density at radius 1 is 1.14 bits per heavy atom. The summed E-state index contributed by atoms with van der Waals surface area (Å²) in [6, 6.07) is 16.2. The number of anilines is 1. The number of carbonyl (C=O) groups is 1. The molecule has 0 unspecified atom stereocenters. The molecule has 0 atom stereocenters. The van der Waals surface area contributed by atoms with Crippen LogP contribution in [0.5, 0.6) is 11.5 Å². The smallest absolute Gasteiger partial charge is 0.416 e. The minimum atomic E-state index is -4.59. The van der Waals surface area contributed by atoms with E-state index < -0.39 is 28.1 Å². The fraction of sp³-hybridized carbons (Fsp3) is 0.120. The fourth-order valence-corrected chi connectivity index (χ4v) is 3.08. The predicted octanol–water partition coefficient (Wildman–Crippen LogP) is 5.75. The molecule has 0 bridgehead atoms. The average molecular weight is 497 g/mol. The Hall–Kier alpha value is -4.85. The van der Waals surface area contributed by atoms with E-state index in [1.54, 1.807) is 18.2 Å². The third kappa shape index (κ3) is 6.60. The van der Waals surface area contributed by atoms with Crippen molar-refractivity contribution < 1.29 is 32.4 Å². The molecule has 36 heavy (non-hydrogen) atoms. The van der Waals surface area contributed by atoms with E-state index in [0.29, 0.717) is 16.9 Å². The number of carbonyl (C=O) groups excluding carboxylic acids is 1. The molecule has 0 heterocycles. The molecule has 0 aliphatic carbocycles. The summed E-state index contributed by atoms with van der Waals surface area (Å²) in [5, 5.41) is 22.8. The van der Waals surface area contributed by atoms with Crippen molar-refractivity contribution in [3.05, 3.63) is 99.1 Å². The van der Waals surface area contributed by atoms with Crippen molar-refractivity contribution >= 4 is 23.4 Å². The number of benzene rings is 3.